The van der Waals surface area contributed by atoms with Crippen molar-refractivity contribution in [3.63, 3.8) is 0 Å². The van der Waals surface area contributed by atoms with Gasteiger partial charge in [0, 0.05) is 17.6 Å². The Hall–Kier alpha value is -0.330. The molecule has 0 saturated carbocycles. The van der Waals surface area contributed by atoms with E-state index in [0.717, 1.165) is 19.5 Å². The van der Waals surface area contributed by atoms with Crippen LogP contribution >= 0.6 is 23.2 Å². The van der Waals surface area contributed by atoms with E-state index in [1.165, 1.54) is 12.1 Å². The zero-order chi connectivity index (χ0) is 15.2. The highest BCUT2D eigenvalue weighted by Gasteiger charge is 2.48. The van der Waals surface area contributed by atoms with Crippen LogP contribution in [-0.4, -0.2) is 38.4 Å². The molecule has 0 amide bonds. The summed E-state index contributed by atoms with van der Waals surface area (Å²) in [6.45, 7) is 4.36. The lowest BCUT2D eigenvalue weighted by Crippen LogP contribution is -2.39. The van der Waals surface area contributed by atoms with Crippen LogP contribution in [0.4, 0.5) is 0 Å². The smallest absolute Gasteiger partial charge is 0.244 e. The molecule has 3 unspecified atom stereocenters. The second-order valence-electron chi connectivity index (χ2n) is 5.71. The third-order valence-corrected chi connectivity index (χ3v) is 7.18. The molecule has 2 saturated heterocycles. The molecule has 2 aliphatic rings. The van der Waals surface area contributed by atoms with E-state index in [1.54, 1.807) is 10.4 Å². The molecule has 1 aromatic carbocycles. The Bertz CT molecular complexity index is 650. The van der Waals surface area contributed by atoms with Crippen molar-refractivity contribution in [3.8, 4) is 0 Å². The van der Waals surface area contributed by atoms with E-state index in [0.29, 0.717) is 23.4 Å². The maximum atomic E-state index is 13.0. The molecule has 2 heterocycles. The van der Waals surface area contributed by atoms with Crippen molar-refractivity contribution in [1.82, 2.24) is 9.62 Å². The normalized spacial score (nSPS) is 29.8. The van der Waals surface area contributed by atoms with Gasteiger partial charge in [0.2, 0.25) is 10.0 Å². The molecule has 3 atom stereocenters. The van der Waals surface area contributed by atoms with E-state index in [9.17, 15) is 8.42 Å². The molecule has 0 spiro atoms. The van der Waals surface area contributed by atoms with Crippen molar-refractivity contribution >= 4 is 33.2 Å². The van der Waals surface area contributed by atoms with Crippen LogP contribution in [0.15, 0.2) is 23.1 Å². The molecule has 7 heteroatoms. The Kier molecular flexibility index (Phi) is 4.23. The fraction of sp³-hybridized carbons (Fsp3) is 0.571. The van der Waals surface area contributed by atoms with Gasteiger partial charge in [-0.05, 0) is 49.5 Å². The minimum absolute atomic E-state index is 0.0325. The van der Waals surface area contributed by atoms with E-state index in [4.69, 9.17) is 23.2 Å². The van der Waals surface area contributed by atoms with Crippen molar-refractivity contribution in [2.75, 3.05) is 19.6 Å². The summed E-state index contributed by atoms with van der Waals surface area (Å²) in [5.74, 6) is 0.783. The molecule has 0 bridgehead atoms. The van der Waals surface area contributed by atoms with Crippen molar-refractivity contribution < 1.29 is 8.42 Å². The van der Waals surface area contributed by atoms with Crippen LogP contribution in [0.1, 0.15) is 13.3 Å². The fourth-order valence-electron chi connectivity index (χ4n) is 3.57. The van der Waals surface area contributed by atoms with E-state index >= 15 is 0 Å². The molecular weight excluding hydrogens is 331 g/mol. The van der Waals surface area contributed by atoms with E-state index in [1.807, 2.05) is 6.92 Å². The van der Waals surface area contributed by atoms with Gasteiger partial charge in [-0.25, -0.2) is 8.42 Å². The summed E-state index contributed by atoms with van der Waals surface area (Å²) in [5.41, 5.74) is 0. The van der Waals surface area contributed by atoms with Crippen molar-refractivity contribution in [3.05, 3.63) is 28.2 Å². The van der Waals surface area contributed by atoms with Crippen LogP contribution < -0.4 is 5.32 Å². The largest absolute Gasteiger partial charge is 0.316 e. The van der Waals surface area contributed by atoms with Gasteiger partial charge >= 0.3 is 0 Å². The molecule has 1 aromatic rings. The molecule has 2 fully saturated rings. The van der Waals surface area contributed by atoms with E-state index in [-0.39, 0.29) is 16.0 Å². The third kappa shape index (κ3) is 2.59. The monoisotopic (exact) mass is 348 g/mol. The average Bonchev–Trinajstić information content (AvgIpc) is 3.01. The van der Waals surface area contributed by atoms with Gasteiger partial charge in [0.15, 0.2) is 0 Å². The predicted octanol–water partition coefficient (Wildman–Crippen LogP) is 2.61. The average molecular weight is 349 g/mol. The van der Waals surface area contributed by atoms with Crippen LogP contribution in [0, 0.1) is 11.8 Å². The molecule has 2 aliphatic heterocycles. The Morgan fingerprint density at radius 3 is 2.81 bits per heavy atom. The summed E-state index contributed by atoms with van der Waals surface area (Å²) in [4.78, 5) is 0.114. The molecule has 1 N–H and O–H groups in total. The Balaban J connectivity index is 2.00. The van der Waals surface area contributed by atoms with Gasteiger partial charge in [0.25, 0.3) is 0 Å². The number of fused-ring (bicyclic) bond motifs is 1. The summed E-state index contributed by atoms with van der Waals surface area (Å²) < 4.78 is 27.6. The second-order valence-corrected chi connectivity index (χ2v) is 8.41. The molecular formula is C14H18Cl2N2O2S. The number of rotatable bonds is 3. The number of benzene rings is 1. The summed E-state index contributed by atoms with van der Waals surface area (Å²) in [6.07, 6.45) is 0.806. The van der Waals surface area contributed by atoms with Crippen molar-refractivity contribution in [2.24, 2.45) is 11.8 Å². The first-order valence-electron chi connectivity index (χ1n) is 7.12. The van der Waals surface area contributed by atoms with Crippen LogP contribution in [0.25, 0.3) is 0 Å². The summed E-state index contributed by atoms with van der Waals surface area (Å²) in [6, 6.07) is 4.61. The van der Waals surface area contributed by atoms with Gasteiger partial charge in [0.1, 0.15) is 4.90 Å². The minimum atomic E-state index is -3.61. The van der Waals surface area contributed by atoms with Gasteiger partial charge < -0.3 is 5.32 Å². The summed E-state index contributed by atoms with van der Waals surface area (Å²) in [5, 5.41) is 3.96. The number of halogens is 2. The lowest BCUT2D eigenvalue weighted by molar-refractivity contribution is 0.329. The first kappa shape index (κ1) is 15.6. The van der Waals surface area contributed by atoms with Crippen LogP contribution in [0.3, 0.4) is 0 Å². The van der Waals surface area contributed by atoms with Gasteiger partial charge in [0.05, 0.1) is 5.02 Å². The zero-order valence-electron chi connectivity index (χ0n) is 11.7. The molecule has 0 aromatic heterocycles. The second kappa shape index (κ2) is 5.70. The first-order chi connectivity index (χ1) is 9.95. The third-order valence-electron chi connectivity index (χ3n) is 4.57. The molecule has 4 nitrogen and oxygen atoms in total. The predicted molar refractivity (Wildman–Crippen MR) is 84.3 cm³/mol. The molecule has 116 valence electrons. The standard InChI is InChI=1S/C14H18Cl2N2O2S/c1-2-13-11-7-17-6-9(11)8-18(13)21(19,20)14-5-10(15)3-4-12(14)16/h3-5,9,11,13,17H,2,6-8H2,1H3. The maximum Gasteiger partial charge on any atom is 0.244 e. The highest BCUT2D eigenvalue weighted by atomic mass is 35.5. The quantitative estimate of drug-likeness (QED) is 0.913. The first-order valence-corrected chi connectivity index (χ1v) is 9.32. The van der Waals surface area contributed by atoms with Crippen LogP contribution in [-0.2, 0) is 10.0 Å². The maximum absolute atomic E-state index is 13.0. The lowest BCUT2D eigenvalue weighted by Gasteiger charge is -2.26. The van der Waals surface area contributed by atoms with Crippen LogP contribution in [0.5, 0.6) is 0 Å². The molecule has 0 aliphatic carbocycles. The Morgan fingerprint density at radius 2 is 2.10 bits per heavy atom. The van der Waals surface area contributed by atoms with Crippen molar-refractivity contribution in [2.45, 2.75) is 24.3 Å². The number of hydrogen-bond donors (Lipinski definition) is 1. The van der Waals surface area contributed by atoms with E-state index < -0.39 is 10.0 Å². The number of nitrogens with zero attached hydrogens (tertiary/aromatic N) is 1. The SMILES string of the molecule is CCC1C2CNCC2CN1S(=O)(=O)c1cc(Cl)ccc1Cl. The zero-order valence-corrected chi connectivity index (χ0v) is 14.0. The van der Waals surface area contributed by atoms with Crippen molar-refractivity contribution in [1.29, 1.82) is 0 Å². The minimum Gasteiger partial charge on any atom is -0.316 e. The van der Waals surface area contributed by atoms with E-state index in [2.05, 4.69) is 5.32 Å². The van der Waals surface area contributed by atoms with Crippen LogP contribution in [0.2, 0.25) is 10.0 Å². The highest BCUT2D eigenvalue weighted by Crippen LogP contribution is 2.39. The van der Waals surface area contributed by atoms with Gasteiger partial charge in [-0.2, -0.15) is 4.31 Å². The van der Waals surface area contributed by atoms with Gasteiger partial charge in [-0.3, -0.25) is 0 Å². The lowest BCUT2D eigenvalue weighted by atomic mass is 9.93. The van der Waals surface area contributed by atoms with Gasteiger partial charge in [-0.15, -0.1) is 0 Å². The summed E-state index contributed by atoms with van der Waals surface area (Å²) >= 11 is 12.0. The summed E-state index contributed by atoms with van der Waals surface area (Å²) in [7, 11) is -3.61. The molecule has 21 heavy (non-hydrogen) atoms. The fourth-order valence-corrected chi connectivity index (χ4v) is 6.11. The Labute approximate surface area is 135 Å². The number of sulfonamides is 1. The highest BCUT2D eigenvalue weighted by molar-refractivity contribution is 7.89. The molecule has 0 radical (unpaired) electrons. The molecule has 3 rings (SSSR count). The number of nitrogens with one attached hydrogen (secondary N) is 1. The Morgan fingerprint density at radius 1 is 1.33 bits per heavy atom. The number of hydrogen-bond acceptors (Lipinski definition) is 3. The van der Waals surface area contributed by atoms with Gasteiger partial charge in [-0.1, -0.05) is 30.1 Å². The topological polar surface area (TPSA) is 49.4 Å².